The van der Waals surface area contributed by atoms with Crippen molar-refractivity contribution in [2.45, 2.75) is 25.4 Å². The predicted octanol–water partition coefficient (Wildman–Crippen LogP) is 4.73. The van der Waals surface area contributed by atoms with Gasteiger partial charge in [-0.3, -0.25) is 14.5 Å². The lowest BCUT2D eigenvalue weighted by Gasteiger charge is -2.38. The largest absolute Gasteiger partial charge is 0.417 e. The molecule has 2 aromatic heterocycles. The maximum Gasteiger partial charge on any atom is 0.417 e. The summed E-state index contributed by atoms with van der Waals surface area (Å²) in [6, 6.07) is 7.67. The lowest BCUT2D eigenvalue weighted by Crippen LogP contribution is -2.46. The highest BCUT2D eigenvalue weighted by Gasteiger charge is 2.38. The average molecular weight is 470 g/mol. The number of carbonyl (C=O) groups excluding carboxylic acids is 1. The third kappa shape index (κ3) is 3.85. The standard InChI is InChI=1S/C24H18F4N4O2/c25-16-6-7-19-14(10-16)4-2-1-3-5-18-20(8-9-21(33)30-18)32-13-31(19)22-17(23(32)34)11-15(12-29-22)24(26,27)28/h1-2,6-12H,3-5,13H2,(H,30,33)/b2-1+. The van der Waals surface area contributed by atoms with E-state index in [2.05, 4.69) is 9.97 Å². The fourth-order valence-corrected chi connectivity index (χ4v) is 4.27. The minimum Gasteiger partial charge on any atom is -0.324 e. The van der Waals surface area contributed by atoms with E-state index in [0.29, 0.717) is 48.1 Å². The zero-order chi connectivity index (χ0) is 24.0. The summed E-state index contributed by atoms with van der Waals surface area (Å²) >= 11 is 0. The highest BCUT2D eigenvalue weighted by atomic mass is 19.4. The Labute approximate surface area is 191 Å². The van der Waals surface area contributed by atoms with Crippen molar-refractivity contribution in [1.29, 1.82) is 0 Å². The first-order valence-corrected chi connectivity index (χ1v) is 10.5. The van der Waals surface area contributed by atoms with Crippen LogP contribution in [0.15, 0.2) is 59.5 Å². The van der Waals surface area contributed by atoms with Gasteiger partial charge in [0.15, 0.2) is 0 Å². The summed E-state index contributed by atoms with van der Waals surface area (Å²) in [5.41, 5.74) is 0.360. The highest BCUT2D eigenvalue weighted by molar-refractivity contribution is 6.12. The fourth-order valence-electron chi connectivity index (χ4n) is 4.27. The molecule has 34 heavy (non-hydrogen) atoms. The summed E-state index contributed by atoms with van der Waals surface area (Å²) in [6.07, 6.45) is 1.07. The van der Waals surface area contributed by atoms with Gasteiger partial charge in [0.2, 0.25) is 5.56 Å². The van der Waals surface area contributed by atoms with E-state index in [4.69, 9.17) is 0 Å². The maximum atomic E-state index is 14.1. The maximum absolute atomic E-state index is 14.1. The molecule has 2 bridgehead atoms. The van der Waals surface area contributed by atoms with E-state index in [1.807, 2.05) is 12.2 Å². The molecule has 1 aromatic carbocycles. The van der Waals surface area contributed by atoms with Crippen LogP contribution in [0.4, 0.5) is 34.8 Å². The molecule has 3 aromatic rings. The number of H-pyrrole nitrogens is 1. The number of nitrogens with one attached hydrogen (secondary N) is 1. The van der Waals surface area contributed by atoms with Crippen LogP contribution >= 0.6 is 0 Å². The molecule has 174 valence electrons. The number of alkyl halides is 3. The van der Waals surface area contributed by atoms with Crippen molar-refractivity contribution < 1.29 is 22.4 Å². The van der Waals surface area contributed by atoms with Crippen molar-refractivity contribution >= 4 is 23.1 Å². The summed E-state index contributed by atoms with van der Waals surface area (Å²) in [5, 5.41) is 0. The molecule has 1 N–H and O–H groups in total. The Kier molecular flexibility index (Phi) is 5.22. The quantitative estimate of drug-likeness (QED) is 0.381. The minimum atomic E-state index is -4.69. The predicted molar refractivity (Wildman–Crippen MR) is 118 cm³/mol. The number of halogens is 4. The number of nitrogens with zero attached hydrogens (tertiary/aromatic N) is 3. The second-order valence-corrected chi connectivity index (χ2v) is 8.07. The first kappa shape index (κ1) is 21.9. The van der Waals surface area contributed by atoms with Crippen molar-refractivity contribution in [3.63, 3.8) is 0 Å². The van der Waals surface area contributed by atoms with Crippen LogP contribution in [0.25, 0.3) is 0 Å². The van der Waals surface area contributed by atoms with Crippen molar-refractivity contribution in [1.82, 2.24) is 9.97 Å². The van der Waals surface area contributed by atoms with Crippen molar-refractivity contribution in [3.8, 4) is 0 Å². The Hall–Kier alpha value is -3.95. The van der Waals surface area contributed by atoms with E-state index in [-0.39, 0.29) is 23.6 Å². The molecular weight excluding hydrogens is 452 g/mol. The number of carbonyl (C=O) groups is 1. The highest BCUT2D eigenvalue weighted by Crippen LogP contribution is 2.39. The van der Waals surface area contributed by atoms with Crippen LogP contribution in [0.2, 0.25) is 0 Å². The molecule has 4 heterocycles. The summed E-state index contributed by atoms with van der Waals surface area (Å²) in [6.45, 7) is -0.0778. The molecule has 2 aliphatic rings. The number of rotatable bonds is 0. The molecule has 0 fully saturated rings. The SMILES string of the molecule is O=C1c2cc(C(F)(F)F)cnc2N2CN1c1ccc(=O)[nH]c1CC/C=C/Cc1cc(F)ccc12. The van der Waals surface area contributed by atoms with E-state index in [1.54, 1.807) is 4.90 Å². The summed E-state index contributed by atoms with van der Waals surface area (Å²) in [7, 11) is 0. The molecule has 0 aliphatic carbocycles. The molecule has 2 aliphatic heterocycles. The lowest BCUT2D eigenvalue weighted by atomic mass is 10.0. The van der Waals surface area contributed by atoms with Gasteiger partial charge in [-0.15, -0.1) is 0 Å². The van der Waals surface area contributed by atoms with E-state index in [1.165, 1.54) is 35.2 Å². The van der Waals surface area contributed by atoms with Crippen LogP contribution in [0, 0.1) is 5.82 Å². The van der Waals surface area contributed by atoms with Gasteiger partial charge in [-0.2, -0.15) is 13.2 Å². The van der Waals surface area contributed by atoms with Gasteiger partial charge in [-0.05, 0) is 55.2 Å². The molecule has 0 unspecified atom stereocenters. The minimum absolute atomic E-state index is 0.0501. The Morgan fingerprint density at radius 2 is 1.76 bits per heavy atom. The fraction of sp³-hybridized carbons (Fsp3) is 0.208. The Bertz CT molecular complexity index is 1380. The summed E-state index contributed by atoms with van der Waals surface area (Å²) < 4.78 is 54.4. The third-order valence-electron chi connectivity index (χ3n) is 5.87. The monoisotopic (exact) mass is 470 g/mol. The van der Waals surface area contributed by atoms with Crippen LogP contribution in [-0.4, -0.2) is 22.5 Å². The molecule has 0 saturated carbocycles. The van der Waals surface area contributed by atoms with Gasteiger partial charge in [-0.1, -0.05) is 12.2 Å². The number of hydrogen-bond donors (Lipinski definition) is 1. The second-order valence-electron chi connectivity index (χ2n) is 8.07. The molecule has 10 heteroatoms. The first-order chi connectivity index (χ1) is 16.2. The van der Waals surface area contributed by atoms with Gasteiger partial charge in [0.25, 0.3) is 5.91 Å². The number of benzene rings is 1. The zero-order valence-electron chi connectivity index (χ0n) is 17.7. The number of fused-ring (bicyclic) bond motifs is 8. The lowest BCUT2D eigenvalue weighted by molar-refractivity contribution is -0.137. The van der Waals surface area contributed by atoms with Gasteiger partial charge >= 0.3 is 6.18 Å². The average Bonchev–Trinajstić information content (AvgIpc) is 2.79. The summed E-state index contributed by atoms with van der Waals surface area (Å²) in [4.78, 5) is 35.1. The molecule has 5 rings (SSSR count). The number of pyridine rings is 2. The topological polar surface area (TPSA) is 69.3 Å². The van der Waals surface area contributed by atoms with Crippen LogP contribution in [0.1, 0.15) is 33.6 Å². The van der Waals surface area contributed by atoms with E-state index in [0.717, 1.165) is 6.07 Å². The number of allylic oxidation sites excluding steroid dienone is 2. The van der Waals surface area contributed by atoms with Gasteiger partial charge in [0, 0.05) is 23.6 Å². The Morgan fingerprint density at radius 1 is 0.971 bits per heavy atom. The van der Waals surface area contributed by atoms with Crippen LogP contribution in [-0.2, 0) is 19.0 Å². The van der Waals surface area contributed by atoms with Gasteiger partial charge < -0.3 is 9.88 Å². The molecule has 0 atom stereocenters. The number of anilines is 3. The zero-order valence-corrected chi connectivity index (χ0v) is 17.7. The van der Waals surface area contributed by atoms with Crippen LogP contribution < -0.4 is 15.4 Å². The number of aromatic nitrogens is 2. The normalized spacial score (nSPS) is 16.6. The van der Waals surface area contributed by atoms with E-state index < -0.39 is 23.5 Å². The molecular formula is C24H18F4N4O2. The Morgan fingerprint density at radius 3 is 2.56 bits per heavy atom. The Balaban J connectivity index is 1.77. The molecule has 6 nitrogen and oxygen atoms in total. The van der Waals surface area contributed by atoms with E-state index >= 15 is 0 Å². The molecule has 1 amide bonds. The summed E-state index contributed by atoms with van der Waals surface area (Å²) in [5.74, 6) is -1.07. The molecule has 0 saturated heterocycles. The van der Waals surface area contributed by atoms with Gasteiger partial charge in [-0.25, -0.2) is 9.37 Å². The third-order valence-corrected chi connectivity index (χ3v) is 5.87. The van der Waals surface area contributed by atoms with Gasteiger partial charge in [0.1, 0.15) is 18.3 Å². The number of aromatic amines is 1. The number of aryl methyl sites for hydroxylation is 1. The smallest absolute Gasteiger partial charge is 0.324 e. The van der Waals surface area contributed by atoms with Crippen LogP contribution in [0.3, 0.4) is 0 Å². The second kappa shape index (κ2) is 8.12. The van der Waals surface area contributed by atoms with Crippen molar-refractivity contribution in [2.24, 2.45) is 0 Å². The van der Waals surface area contributed by atoms with Crippen molar-refractivity contribution in [3.05, 3.63) is 93.3 Å². The first-order valence-electron chi connectivity index (χ1n) is 10.5. The number of hydrogen-bond acceptors (Lipinski definition) is 4. The van der Waals surface area contributed by atoms with Crippen molar-refractivity contribution in [2.75, 3.05) is 16.5 Å². The molecule has 0 spiro atoms. The van der Waals surface area contributed by atoms with Gasteiger partial charge in [0.05, 0.1) is 16.8 Å². The molecule has 0 radical (unpaired) electrons. The van der Waals surface area contributed by atoms with E-state index in [9.17, 15) is 27.2 Å². The number of amides is 1. The van der Waals surface area contributed by atoms with Crippen LogP contribution in [0.5, 0.6) is 0 Å².